The summed E-state index contributed by atoms with van der Waals surface area (Å²) in [6.07, 6.45) is -0.0370. The van der Waals surface area contributed by atoms with Gasteiger partial charge in [0.1, 0.15) is 22.8 Å². The Morgan fingerprint density at radius 3 is 2.44 bits per heavy atom. The van der Waals surface area contributed by atoms with E-state index in [4.69, 9.17) is 5.73 Å². The zero-order valence-corrected chi connectivity index (χ0v) is 20.0. The van der Waals surface area contributed by atoms with Crippen molar-refractivity contribution in [1.82, 2.24) is 10.2 Å². The summed E-state index contributed by atoms with van der Waals surface area (Å²) in [5, 5.41) is 48.3. The number of aliphatic hydroxyl groups excluding tert-OH is 1. The van der Waals surface area contributed by atoms with Crippen LogP contribution in [-0.2, 0) is 16.0 Å². The predicted molar refractivity (Wildman–Crippen MR) is 130 cm³/mol. The number of carbonyl (C=O) groups excluding carboxylic acids is 3. The number of fused-ring (bicyclic) bond motifs is 3. The lowest BCUT2D eigenvalue weighted by Gasteiger charge is -2.49. The first kappa shape index (κ1) is 24.2. The minimum Gasteiger partial charge on any atom is -0.508 e. The molecule has 10 heteroatoms. The van der Waals surface area contributed by atoms with E-state index in [1.54, 1.807) is 17.0 Å². The summed E-state index contributed by atoms with van der Waals surface area (Å²) in [4.78, 5) is 41.4. The first-order valence-corrected chi connectivity index (χ1v) is 12.0. The third kappa shape index (κ3) is 3.18. The van der Waals surface area contributed by atoms with Gasteiger partial charge in [0, 0.05) is 32.1 Å². The molecule has 5 rings (SSSR count). The molecule has 3 atom stereocenters. The van der Waals surface area contributed by atoms with Crippen molar-refractivity contribution < 1.29 is 34.8 Å². The molecule has 0 aromatic heterocycles. The predicted octanol–water partition coefficient (Wildman–Crippen LogP) is 0.614. The fraction of sp³-hybridized carbons (Fsp3) is 0.423. The van der Waals surface area contributed by atoms with Crippen LogP contribution in [-0.4, -0.2) is 80.6 Å². The van der Waals surface area contributed by atoms with Crippen molar-refractivity contribution in [3.8, 4) is 11.5 Å². The summed E-state index contributed by atoms with van der Waals surface area (Å²) < 4.78 is 0. The number of piperazine rings is 1. The molecule has 7 N–H and O–H groups in total. The van der Waals surface area contributed by atoms with Gasteiger partial charge >= 0.3 is 0 Å². The molecule has 2 aromatic rings. The van der Waals surface area contributed by atoms with Gasteiger partial charge < -0.3 is 31.5 Å². The molecule has 1 saturated heterocycles. The number of carbonyl (C=O) groups is 3. The Hall–Kier alpha value is -3.47. The smallest absolute Gasteiger partial charge is 0.255 e. The number of primary amides is 1. The summed E-state index contributed by atoms with van der Waals surface area (Å²) in [7, 11) is 0. The van der Waals surface area contributed by atoms with Gasteiger partial charge in [-0.15, -0.1) is 0 Å². The number of nitrogens with one attached hydrogen (secondary N) is 1. The van der Waals surface area contributed by atoms with Crippen LogP contribution < -0.4 is 11.1 Å². The molecule has 1 heterocycles. The summed E-state index contributed by atoms with van der Waals surface area (Å²) in [6, 6.07) is 3.78. The van der Waals surface area contributed by atoms with Crippen LogP contribution in [0, 0.1) is 5.92 Å². The van der Waals surface area contributed by atoms with E-state index < -0.39 is 52.1 Å². The number of ketones is 2. The maximum absolute atomic E-state index is 13.9. The number of phenolic OH excluding ortho intramolecular Hbond substituents is 2. The highest BCUT2D eigenvalue weighted by molar-refractivity contribution is 6.25. The summed E-state index contributed by atoms with van der Waals surface area (Å²) in [5.41, 5.74) is 2.92. The second-order valence-electron chi connectivity index (χ2n) is 10.1. The number of nitrogens with zero attached hydrogens (tertiary/aromatic N) is 1. The van der Waals surface area contributed by atoms with Gasteiger partial charge in [-0.2, -0.15) is 0 Å². The molecule has 1 fully saturated rings. The van der Waals surface area contributed by atoms with Gasteiger partial charge in [0.05, 0.1) is 17.0 Å². The second kappa shape index (κ2) is 8.29. The zero-order valence-electron chi connectivity index (χ0n) is 20.0. The fourth-order valence-corrected chi connectivity index (χ4v) is 6.09. The Bertz CT molecular complexity index is 1360. The molecule has 0 spiro atoms. The van der Waals surface area contributed by atoms with Gasteiger partial charge in [-0.3, -0.25) is 19.3 Å². The Morgan fingerprint density at radius 1 is 1.17 bits per heavy atom. The van der Waals surface area contributed by atoms with Crippen LogP contribution in [0.25, 0.3) is 10.8 Å². The van der Waals surface area contributed by atoms with Crippen LogP contribution in [0.4, 0.5) is 0 Å². The third-order valence-corrected chi connectivity index (χ3v) is 7.83. The monoisotopic (exact) mass is 495 g/mol. The maximum Gasteiger partial charge on any atom is 0.255 e. The largest absolute Gasteiger partial charge is 0.508 e. The Labute approximate surface area is 207 Å². The van der Waals surface area contributed by atoms with Gasteiger partial charge in [-0.05, 0) is 41.0 Å². The number of aromatic hydroxyl groups is 2. The van der Waals surface area contributed by atoms with E-state index in [0.717, 1.165) is 5.56 Å². The molecule has 0 bridgehead atoms. The van der Waals surface area contributed by atoms with E-state index in [0.29, 0.717) is 37.1 Å². The van der Waals surface area contributed by atoms with Crippen molar-refractivity contribution in [2.24, 2.45) is 11.7 Å². The first-order chi connectivity index (χ1) is 17.0. The molecule has 0 unspecified atom stereocenters. The van der Waals surface area contributed by atoms with Gasteiger partial charge in [0.25, 0.3) is 5.91 Å². The minimum atomic E-state index is -2.66. The van der Waals surface area contributed by atoms with E-state index in [1.807, 2.05) is 13.8 Å². The first-order valence-electron chi connectivity index (χ1n) is 12.0. The lowest BCUT2D eigenvalue weighted by molar-refractivity contribution is -0.134. The summed E-state index contributed by atoms with van der Waals surface area (Å²) >= 11 is 0. The Balaban J connectivity index is 1.79. The molecule has 3 aliphatic rings. The molecule has 190 valence electrons. The van der Waals surface area contributed by atoms with Crippen LogP contribution in [0.5, 0.6) is 11.5 Å². The number of benzene rings is 2. The zero-order chi connectivity index (χ0) is 26.1. The Kier molecular flexibility index (Phi) is 5.58. The number of amides is 1. The average molecular weight is 496 g/mol. The second-order valence-corrected chi connectivity index (χ2v) is 10.1. The van der Waals surface area contributed by atoms with Gasteiger partial charge in [0.2, 0.25) is 5.78 Å². The molecular weight excluding hydrogens is 466 g/mol. The van der Waals surface area contributed by atoms with Crippen molar-refractivity contribution >= 4 is 28.2 Å². The number of Topliss-reactive ketones (excluding diaryl/α,β-unsaturated/α-hetero) is 2. The molecule has 0 saturated carbocycles. The van der Waals surface area contributed by atoms with Crippen molar-refractivity contribution in [3.63, 3.8) is 0 Å². The quantitative estimate of drug-likeness (QED) is 0.334. The van der Waals surface area contributed by atoms with Crippen molar-refractivity contribution in [2.75, 3.05) is 26.2 Å². The van der Waals surface area contributed by atoms with E-state index in [1.165, 1.54) is 6.07 Å². The molecule has 10 nitrogen and oxygen atoms in total. The number of rotatable bonds is 3. The number of phenols is 2. The number of hydrogen-bond acceptors (Lipinski definition) is 9. The average Bonchev–Trinajstić information content (AvgIpc) is 2.82. The number of aliphatic hydroxyl groups is 2. The van der Waals surface area contributed by atoms with Crippen LogP contribution in [0.1, 0.15) is 41.3 Å². The number of nitrogens with two attached hydrogens (primary N) is 1. The lowest BCUT2D eigenvalue weighted by Crippen LogP contribution is -2.67. The van der Waals surface area contributed by atoms with Gasteiger partial charge in [-0.1, -0.05) is 19.9 Å². The maximum atomic E-state index is 13.9. The lowest BCUT2D eigenvalue weighted by atomic mass is 9.61. The van der Waals surface area contributed by atoms with Gasteiger partial charge in [0.15, 0.2) is 11.4 Å². The summed E-state index contributed by atoms with van der Waals surface area (Å²) in [6.45, 7) is 5.88. The molecule has 1 amide bonds. The van der Waals surface area contributed by atoms with E-state index >= 15 is 0 Å². The van der Waals surface area contributed by atoms with Gasteiger partial charge in [-0.25, -0.2) is 0 Å². The SMILES string of the molecule is CC(C)c1ccc(O)c2c(O)c3c(cc12)C[C@H]1[C@@H](N2CCNCC2)C(=O)C(C(N)=O)=C(O)[C@@]1(O)C3=O. The van der Waals surface area contributed by atoms with Crippen LogP contribution in [0.2, 0.25) is 0 Å². The highest BCUT2D eigenvalue weighted by Crippen LogP contribution is 2.50. The van der Waals surface area contributed by atoms with Crippen LogP contribution in [0.15, 0.2) is 29.5 Å². The molecule has 2 aliphatic carbocycles. The highest BCUT2D eigenvalue weighted by atomic mass is 16.3. The Morgan fingerprint density at radius 2 is 1.83 bits per heavy atom. The number of hydrogen-bond donors (Lipinski definition) is 6. The molecule has 0 radical (unpaired) electrons. The van der Waals surface area contributed by atoms with Crippen molar-refractivity contribution in [1.29, 1.82) is 0 Å². The van der Waals surface area contributed by atoms with Crippen molar-refractivity contribution in [3.05, 3.63) is 46.2 Å². The van der Waals surface area contributed by atoms with E-state index in [2.05, 4.69) is 5.32 Å². The minimum absolute atomic E-state index is 0.0370. The van der Waals surface area contributed by atoms with E-state index in [9.17, 15) is 34.8 Å². The van der Waals surface area contributed by atoms with E-state index in [-0.39, 0.29) is 29.0 Å². The third-order valence-electron chi connectivity index (χ3n) is 7.83. The highest BCUT2D eigenvalue weighted by Gasteiger charge is 2.62. The topological polar surface area (TPSA) is 173 Å². The standard InChI is InChI=1S/C26H29N3O7/c1-11(2)13-3-4-16(30)18-14(13)9-12-10-15-20(29-7-5-28-6-8-29)22(32)19(25(27)35)24(34)26(15,36)23(33)17(12)21(18)31/h3-4,9,11,15,20,28,30-31,34,36H,5-8,10H2,1-2H3,(H2,27,35)/t15-,20+,26-/m0/s1. The van der Waals surface area contributed by atoms with Crippen LogP contribution >= 0.6 is 0 Å². The fourth-order valence-electron chi connectivity index (χ4n) is 6.09. The molecule has 1 aliphatic heterocycles. The molecule has 36 heavy (non-hydrogen) atoms. The summed E-state index contributed by atoms with van der Waals surface area (Å²) in [5.74, 6) is -5.98. The van der Waals surface area contributed by atoms with Crippen molar-refractivity contribution in [2.45, 2.75) is 37.8 Å². The van der Waals surface area contributed by atoms with Crippen LogP contribution in [0.3, 0.4) is 0 Å². The molecular formula is C26H29N3O7. The normalized spacial score (nSPS) is 26.9. The molecule has 2 aromatic carbocycles.